The van der Waals surface area contributed by atoms with Crippen molar-refractivity contribution in [2.75, 3.05) is 18.5 Å². The molecule has 1 heterocycles. The van der Waals surface area contributed by atoms with Gasteiger partial charge in [0.2, 0.25) is 5.76 Å². The first-order valence-corrected chi connectivity index (χ1v) is 8.27. The smallest absolute Gasteiger partial charge is 0.374 e. The molecule has 2 N–H and O–H groups in total. The number of furan rings is 1. The Kier molecular flexibility index (Phi) is 6.54. The standard InChI is InChI=1S/C19H22N2O5/c1-12(2)10-20-18(23)14-6-4-5-7-15(14)21-17(22)11-25-19(24)16-9-8-13(3)26-16/h4-9,12H,10-11H2,1-3H3,(H,20,23)(H,21,22). The summed E-state index contributed by atoms with van der Waals surface area (Å²) in [5.74, 6) is -0.642. The van der Waals surface area contributed by atoms with Crippen LogP contribution >= 0.6 is 0 Å². The maximum Gasteiger partial charge on any atom is 0.374 e. The minimum Gasteiger partial charge on any atom is -0.454 e. The van der Waals surface area contributed by atoms with E-state index in [1.165, 1.54) is 6.07 Å². The van der Waals surface area contributed by atoms with E-state index in [0.717, 1.165) is 0 Å². The van der Waals surface area contributed by atoms with Crippen LogP contribution in [0.2, 0.25) is 0 Å². The second-order valence-corrected chi connectivity index (χ2v) is 6.18. The van der Waals surface area contributed by atoms with Gasteiger partial charge in [0.15, 0.2) is 6.61 Å². The molecule has 7 heteroatoms. The lowest BCUT2D eigenvalue weighted by atomic mass is 10.1. The quantitative estimate of drug-likeness (QED) is 0.742. The van der Waals surface area contributed by atoms with Gasteiger partial charge in [0.05, 0.1) is 11.3 Å². The van der Waals surface area contributed by atoms with Crippen LogP contribution < -0.4 is 10.6 Å². The lowest BCUT2D eigenvalue weighted by molar-refractivity contribution is -0.119. The molecular weight excluding hydrogens is 336 g/mol. The Morgan fingerprint density at radius 3 is 2.50 bits per heavy atom. The SMILES string of the molecule is Cc1ccc(C(=O)OCC(=O)Nc2ccccc2C(=O)NCC(C)C)o1. The highest BCUT2D eigenvalue weighted by Crippen LogP contribution is 2.15. The van der Waals surface area contributed by atoms with E-state index < -0.39 is 18.5 Å². The molecule has 0 unspecified atom stereocenters. The van der Waals surface area contributed by atoms with Crippen LogP contribution in [0.15, 0.2) is 40.8 Å². The van der Waals surface area contributed by atoms with Crippen LogP contribution in [0.3, 0.4) is 0 Å². The molecule has 0 aliphatic heterocycles. The molecule has 0 aliphatic rings. The number of amides is 2. The van der Waals surface area contributed by atoms with Gasteiger partial charge in [-0.25, -0.2) is 4.79 Å². The van der Waals surface area contributed by atoms with Crippen LogP contribution in [0, 0.1) is 12.8 Å². The van der Waals surface area contributed by atoms with Gasteiger partial charge < -0.3 is 19.8 Å². The molecule has 0 spiro atoms. The van der Waals surface area contributed by atoms with Crippen LogP contribution in [0.4, 0.5) is 5.69 Å². The Morgan fingerprint density at radius 1 is 1.12 bits per heavy atom. The lowest BCUT2D eigenvalue weighted by Crippen LogP contribution is -2.29. The number of nitrogens with one attached hydrogen (secondary N) is 2. The molecule has 26 heavy (non-hydrogen) atoms. The van der Waals surface area contributed by atoms with Gasteiger partial charge in [-0.1, -0.05) is 26.0 Å². The molecule has 0 atom stereocenters. The van der Waals surface area contributed by atoms with Crippen LogP contribution in [-0.4, -0.2) is 30.9 Å². The molecule has 2 amide bonds. The summed E-state index contributed by atoms with van der Waals surface area (Å²) in [4.78, 5) is 36.1. The van der Waals surface area contributed by atoms with Crippen molar-refractivity contribution in [2.24, 2.45) is 5.92 Å². The van der Waals surface area contributed by atoms with Gasteiger partial charge >= 0.3 is 5.97 Å². The zero-order valence-electron chi connectivity index (χ0n) is 15.0. The Labute approximate surface area is 151 Å². The van der Waals surface area contributed by atoms with Gasteiger partial charge in [0, 0.05) is 6.54 Å². The number of ether oxygens (including phenoxy) is 1. The topological polar surface area (TPSA) is 97.6 Å². The summed E-state index contributed by atoms with van der Waals surface area (Å²) < 4.78 is 10.0. The third-order valence-corrected chi connectivity index (χ3v) is 3.39. The molecule has 2 rings (SSSR count). The summed E-state index contributed by atoms with van der Waals surface area (Å²) in [5.41, 5.74) is 0.693. The molecule has 2 aromatic rings. The van der Waals surface area contributed by atoms with Crippen molar-refractivity contribution in [1.29, 1.82) is 0 Å². The van der Waals surface area contributed by atoms with Crippen molar-refractivity contribution in [3.63, 3.8) is 0 Å². The number of hydrogen-bond acceptors (Lipinski definition) is 5. The first kappa shape index (κ1) is 19.2. The fraction of sp³-hybridized carbons (Fsp3) is 0.316. The average Bonchev–Trinajstić information content (AvgIpc) is 3.04. The van der Waals surface area contributed by atoms with Crippen molar-refractivity contribution in [2.45, 2.75) is 20.8 Å². The molecule has 1 aromatic heterocycles. The second kappa shape index (κ2) is 8.84. The minimum atomic E-state index is -0.726. The van der Waals surface area contributed by atoms with Crippen molar-refractivity contribution in [1.82, 2.24) is 5.32 Å². The summed E-state index contributed by atoms with van der Waals surface area (Å²) in [6, 6.07) is 9.74. The number of carbonyl (C=O) groups excluding carboxylic acids is 3. The summed E-state index contributed by atoms with van der Waals surface area (Å²) in [6.45, 7) is 5.72. The zero-order valence-corrected chi connectivity index (χ0v) is 15.0. The predicted octanol–water partition coefficient (Wildman–Crippen LogP) is 2.77. The fourth-order valence-corrected chi connectivity index (χ4v) is 2.11. The highest BCUT2D eigenvalue weighted by Gasteiger charge is 2.16. The number of carbonyl (C=O) groups is 3. The molecule has 0 radical (unpaired) electrons. The number of para-hydroxylation sites is 1. The Hall–Kier alpha value is -3.09. The second-order valence-electron chi connectivity index (χ2n) is 6.18. The van der Waals surface area contributed by atoms with Gasteiger partial charge in [-0.15, -0.1) is 0 Å². The Morgan fingerprint density at radius 2 is 1.85 bits per heavy atom. The summed E-state index contributed by atoms with van der Waals surface area (Å²) in [7, 11) is 0. The zero-order chi connectivity index (χ0) is 19.1. The maximum atomic E-state index is 12.2. The van der Waals surface area contributed by atoms with Crippen molar-refractivity contribution in [3.8, 4) is 0 Å². The van der Waals surface area contributed by atoms with E-state index in [-0.39, 0.29) is 11.7 Å². The number of anilines is 1. The van der Waals surface area contributed by atoms with Crippen LogP contribution in [-0.2, 0) is 9.53 Å². The average molecular weight is 358 g/mol. The molecule has 0 fully saturated rings. The van der Waals surface area contributed by atoms with E-state index in [1.54, 1.807) is 37.3 Å². The minimum absolute atomic E-state index is 0.0313. The number of hydrogen-bond donors (Lipinski definition) is 2. The molecule has 7 nitrogen and oxygen atoms in total. The van der Waals surface area contributed by atoms with Crippen molar-refractivity contribution < 1.29 is 23.5 Å². The highest BCUT2D eigenvalue weighted by atomic mass is 16.5. The van der Waals surface area contributed by atoms with Crippen LogP contribution in [0.1, 0.15) is 40.5 Å². The normalized spacial score (nSPS) is 10.5. The predicted molar refractivity (Wildman–Crippen MR) is 96.0 cm³/mol. The lowest BCUT2D eigenvalue weighted by Gasteiger charge is -2.12. The molecule has 0 aliphatic carbocycles. The first-order valence-electron chi connectivity index (χ1n) is 8.27. The van der Waals surface area contributed by atoms with E-state index in [0.29, 0.717) is 29.5 Å². The van der Waals surface area contributed by atoms with E-state index in [9.17, 15) is 14.4 Å². The van der Waals surface area contributed by atoms with Crippen molar-refractivity contribution >= 4 is 23.5 Å². The highest BCUT2D eigenvalue weighted by molar-refractivity contribution is 6.04. The van der Waals surface area contributed by atoms with Crippen molar-refractivity contribution in [3.05, 3.63) is 53.5 Å². The van der Waals surface area contributed by atoms with Gasteiger partial charge in [-0.2, -0.15) is 0 Å². The van der Waals surface area contributed by atoms with Gasteiger partial charge in [0.25, 0.3) is 11.8 Å². The van der Waals surface area contributed by atoms with E-state index in [4.69, 9.17) is 9.15 Å². The monoisotopic (exact) mass is 358 g/mol. The number of esters is 1. The van der Waals surface area contributed by atoms with Gasteiger partial charge in [0.1, 0.15) is 5.76 Å². The third-order valence-electron chi connectivity index (χ3n) is 3.39. The number of aryl methyl sites for hydroxylation is 1. The maximum absolute atomic E-state index is 12.2. The number of rotatable bonds is 7. The Bertz CT molecular complexity index is 795. The molecule has 0 saturated carbocycles. The van der Waals surface area contributed by atoms with Gasteiger partial charge in [-0.3, -0.25) is 9.59 Å². The summed E-state index contributed by atoms with van der Waals surface area (Å²) in [5, 5.41) is 5.38. The van der Waals surface area contributed by atoms with Crippen LogP contribution in [0.5, 0.6) is 0 Å². The molecule has 0 bridgehead atoms. The molecule has 1 aromatic carbocycles. The number of benzene rings is 1. The van der Waals surface area contributed by atoms with E-state index >= 15 is 0 Å². The summed E-state index contributed by atoms with van der Waals surface area (Å²) in [6.07, 6.45) is 0. The first-order chi connectivity index (χ1) is 12.4. The summed E-state index contributed by atoms with van der Waals surface area (Å²) >= 11 is 0. The largest absolute Gasteiger partial charge is 0.454 e. The molecular formula is C19H22N2O5. The third kappa shape index (κ3) is 5.47. The fourth-order valence-electron chi connectivity index (χ4n) is 2.11. The van der Waals surface area contributed by atoms with Gasteiger partial charge in [-0.05, 0) is 37.1 Å². The Balaban J connectivity index is 1.94. The van der Waals surface area contributed by atoms with E-state index in [1.807, 2.05) is 13.8 Å². The van der Waals surface area contributed by atoms with E-state index in [2.05, 4.69) is 10.6 Å². The molecule has 0 saturated heterocycles. The van der Waals surface area contributed by atoms with Crippen LogP contribution in [0.25, 0.3) is 0 Å². The molecule has 138 valence electrons.